The number of nitrogens with one attached hydrogen (secondary N) is 4. The first-order chi connectivity index (χ1) is 17.5. The standard InChI is InChI=1S/C26H32F3N7S/c1-17-16-31-24(34-23(17)32-18-6-5-7-20(14-18)37-35-25(2,3)4)33-19-8-9-22(21(15-19)26(27,28)29)36-12-10-30-11-13-36/h5-9,14-16,30,35H,10-13H2,1-4H3,(H2,31,32,33,34). The molecule has 2 heterocycles. The van der Waals surface area contributed by atoms with Crippen LogP contribution in [0.4, 0.5) is 42.0 Å². The lowest BCUT2D eigenvalue weighted by Crippen LogP contribution is -2.44. The molecule has 0 bridgehead atoms. The van der Waals surface area contributed by atoms with Gasteiger partial charge in [-0.25, -0.2) is 4.98 Å². The molecule has 4 rings (SSSR count). The van der Waals surface area contributed by atoms with E-state index >= 15 is 0 Å². The van der Waals surface area contributed by atoms with E-state index in [0.29, 0.717) is 32.0 Å². The number of aryl methyl sites for hydroxylation is 1. The van der Waals surface area contributed by atoms with Gasteiger partial charge in [-0.05, 0) is 76.0 Å². The first kappa shape index (κ1) is 27.0. The minimum absolute atomic E-state index is 0.0346. The Morgan fingerprint density at radius 3 is 2.41 bits per heavy atom. The molecule has 1 fully saturated rings. The van der Waals surface area contributed by atoms with Crippen molar-refractivity contribution in [2.75, 3.05) is 41.7 Å². The molecule has 198 valence electrons. The highest BCUT2D eigenvalue weighted by Gasteiger charge is 2.35. The SMILES string of the molecule is Cc1cnc(Nc2ccc(N3CCNCC3)c(C(F)(F)F)c2)nc1Nc1cccc(SNC(C)(C)C)c1. The zero-order chi connectivity index (χ0) is 26.6. The zero-order valence-electron chi connectivity index (χ0n) is 21.3. The number of alkyl halides is 3. The second-order valence-electron chi connectivity index (χ2n) is 9.92. The topological polar surface area (TPSA) is 77.1 Å². The zero-order valence-corrected chi connectivity index (χ0v) is 22.1. The van der Waals surface area contributed by atoms with Gasteiger partial charge in [-0.2, -0.15) is 18.2 Å². The van der Waals surface area contributed by atoms with E-state index in [4.69, 9.17) is 0 Å². The Balaban J connectivity index is 1.53. The first-order valence-corrected chi connectivity index (χ1v) is 12.9. The first-order valence-electron chi connectivity index (χ1n) is 12.1. The molecular formula is C26H32F3N7S. The maximum Gasteiger partial charge on any atom is 0.418 e. The molecule has 1 saturated heterocycles. The molecule has 2 aromatic carbocycles. The fourth-order valence-electron chi connectivity index (χ4n) is 3.77. The highest BCUT2D eigenvalue weighted by molar-refractivity contribution is 7.97. The number of hydrogen-bond donors (Lipinski definition) is 4. The number of halogens is 3. The van der Waals surface area contributed by atoms with E-state index in [0.717, 1.165) is 22.2 Å². The van der Waals surface area contributed by atoms with Crippen molar-refractivity contribution in [1.29, 1.82) is 0 Å². The van der Waals surface area contributed by atoms with Gasteiger partial charge in [-0.15, -0.1) is 0 Å². The molecule has 4 N–H and O–H groups in total. The van der Waals surface area contributed by atoms with Crippen LogP contribution < -0.4 is 25.6 Å². The van der Waals surface area contributed by atoms with Gasteiger partial charge in [0.05, 0.1) is 5.56 Å². The number of aromatic nitrogens is 2. The molecule has 0 atom stereocenters. The average molecular weight is 532 g/mol. The molecule has 0 amide bonds. The van der Waals surface area contributed by atoms with E-state index in [9.17, 15) is 13.2 Å². The van der Waals surface area contributed by atoms with Gasteiger partial charge in [0.1, 0.15) is 5.82 Å². The highest BCUT2D eigenvalue weighted by Crippen LogP contribution is 2.39. The lowest BCUT2D eigenvalue weighted by Gasteiger charge is -2.31. The summed E-state index contributed by atoms with van der Waals surface area (Å²) in [5, 5.41) is 9.41. The molecule has 0 radical (unpaired) electrons. The van der Waals surface area contributed by atoms with Crippen molar-refractivity contribution < 1.29 is 13.2 Å². The van der Waals surface area contributed by atoms with Crippen molar-refractivity contribution in [2.24, 2.45) is 0 Å². The van der Waals surface area contributed by atoms with Crippen LogP contribution in [0.5, 0.6) is 0 Å². The van der Waals surface area contributed by atoms with E-state index in [-0.39, 0.29) is 22.9 Å². The smallest absolute Gasteiger partial charge is 0.368 e. The number of rotatable bonds is 7. The Morgan fingerprint density at radius 1 is 0.973 bits per heavy atom. The molecule has 7 nitrogen and oxygen atoms in total. The summed E-state index contributed by atoms with van der Waals surface area (Å²) in [6, 6.07) is 12.2. The van der Waals surface area contributed by atoms with Gasteiger partial charge in [0.15, 0.2) is 0 Å². The van der Waals surface area contributed by atoms with Crippen LogP contribution in [0.3, 0.4) is 0 Å². The van der Waals surface area contributed by atoms with Crippen LogP contribution in [0.25, 0.3) is 0 Å². The van der Waals surface area contributed by atoms with Crippen molar-refractivity contribution in [1.82, 2.24) is 20.0 Å². The van der Waals surface area contributed by atoms with Crippen LogP contribution in [0, 0.1) is 6.92 Å². The van der Waals surface area contributed by atoms with Crippen molar-refractivity contribution in [3.63, 3.8) is 0 Å². The fraction of sp³-hybridized carbons (Fsp3) is 0.385. The fourth-order valence-corrected chi connectivity index (χ4v) is 4.52. The maximum atomic E-state index is 13.9. The third kappa shape index (κ3) is 7.50. The third-order valence-electron chi connectivity index (χ3n) is 5.56. The van der Waals surface area contributed by atoms with E-state index in [1.165, 1.54) is 6.07 Å². The number of anilines is 5. The summed E-state index contributed by atoms with van der Waals surface area (Å²) >= 11 is 1.54. The molecule has 0 spiro atoms. The van der Waals surface area contributed by atoms with Crippen LogP contribution in [0.2, 0.25) is 0 Å². The summed E-state index contributed by atoms with van der Waals surface area (Å²) in [6.45, 7) is 10.5. The highest BCUT2D eigenvalue weighted by atomic mass is 32.2. The second-order valence-corrected chi connectivity index (χ2v) is 10.8. The lowest BCUT2D eigenvalue weighted by molar-refractivity contribution is -0.137. The molecule has 37 heavy (non-hydrogen) atoms. The maximum absolute atomic E-state index is 13.9. The van der Waals surface area contributed by atoms with Gasteiger partial charge >= 0.3 is 6.18 Å². The van der Waals surface area contributed by atoms with Crippen LogP contribution in [-0.2, 0) is 6.18 Å². The van der Waals surface area contributed by atoms with Crippen molar-refractivity contribution in [2.45, 2.75) is 44.3 Å². The molecule has 1 aromatic heterocycles. The Morgan fingerprint density at radius 2 is 1.70 bits per heavy atom. The molecular weight excluding hydrogens is 499 g/mol. The average Bonchev–Trinajstić information content (AvgIpc) is 2.85. The summed E-state index contributed by atoms with van der Waals surface area (Å²) in [7, 11) is 0. The molecule has 1 aliphatic heterocycles. The normalized spacial score (nSPS) is 14.5. The molecule has 0 saturated carbocycles. The van der Waals surface area contributed by atoms with Gasteiger partial charge in [0.2, 0.25) is 5.95 Å². The molecule has 1 aliphatic rings. The van der Waals surface area contributed by atoms with Gasteiger partial charge < -0.3 is 20.9 Å². The van der Waals surface area contributed by atoms with E-state index in [1.54, 1.807) is 29.1 Å². The minimum Gasteiger partial charge on any atom is -0.368 e. The van der Waals surface area contributed by atoms with Crippen LogP contribution in [-0.4, -0.2) is 41.7 Å². The largest absolute Gasteiger partial charge is 0.418 e. The molecule has 11 heteroatoms. The summed E-state index contributed by atoms with van der Waals surface area (Å²) in [5.74, 6) is 0.771. The Hall–Kier alpha value is -3.02. The summed E-state index contributed by atoms with van der Waals surface area (Å²) in [6.07, 6.45) is -2.85. The predicted octanol–water partition coefficient (Wildman–Crippen LogP) is 6.10. The Bertz CT molecular complexity index is 1220. The van der Waals surface area contributed by atoms with E-state index in [2.05, 4.69) is 51.4 Å². The number of hydrogen-bond acceptors (Lipinski definition) is 8. The monoisotopic (exact) mass is 531 g/mol. The van der Waals surface area contributed by atoms with Crippen molar-refractivity contribution in [3.8, 4) is 0 Å². The van der Waals surface area contributed by atoms with Gasteiger partial charge in [-0.1, -0.05) is 6.07 Å². The van der Waals surface area contributed by atoms with E-state index < -0.39 is 11.7 Å². The molecule has 3 aromatic rings. The third-order valence-corrected chi connectivity index (χ3v) is 6.76. The molecule has 0 aliphatic carbocycles. The van der Waals surface area contributed by atoms with E-state index in [1.807, 2.05) is 31.2 Å². The summed E-state index contributed by atoms with van der Waals surface area (Å²) in [5.41, 5.74) is 1.39. The minimum atomic E-state index is -4.48. The number of piperazine rings is 1. The molecule has 0 unspecified atom stereocenters. The predicted molar refractivity (Wildman–Crippen MR) is 145 cm³/mol. The van der Waals surface area contributed by atoms with Crippen LogP contribution in [0.15, 0.2) is 53.6 Å². The summed E-state index contributed by atoms with van der Waals surface area (Å²) in [4.78, 5) is 11.6. The van der Waals surface area contributed by atoms with Gasteiger partial charge in [0, 0.05) is 65.4 Å². The summed E-state index contributed by atoms with van der Waals surface area (Å²) < 4.78 is 45.1. The number of nitrogens with zero attached hydrogens (tertiary/aromatic N) is 3. The van der Waals surface area contributed by atoms with Gasteiger partial charge in [-0.3, -0.25) is 4.72 Å². The Kier molecular flexibility index (Phi) is 8.15. The van der Waals surface area contributed by atoms with Crippen LogP contribution >= 0.6 is 11.9 Å². The van der Waals surface area contributed by atoms with Crippen LogP contribution in [0.1, 0.15) is 31.9 Å². The van der Waals surface area contributed by atoms with Crippen molar-refractivity contribution in [3.05, 3.63) is 59.8 Å². The van der Waals surface area contributed by atoms with Crippen molar-refractivity contribution >= 4 is 40.8 Å². The van der Waals surface area contributed by atoms with Gasteiger partial charge in [0.25, 0.3) is 0 Å². The quantitative estimate of drug-likeness (QED) is 0.273. The Labute approximate surface area is 219 Å². The lowest BCUT2D eigenvalue weighted by atomic mass is 10.1. The number of benzene rings is 2. The second kappa shape index (κ2) is 11.2.